The third-order valence-electron chi connectivity index (χ3n) is 2.08. The van der Waals surface area contributed by atoms with Crippen LogP contribution in [0.4, 0.5) is 4.79 Å². The Morgan fingerprint density at radius 1 is 1.29 bits per heavy atom. The van der Waals surface area contributed by atoms with Crippen molar-refractivity contribution in [3.8, 4) is 0 Å². The summed E-state index contributed by atoms with van der Waals surface area (Å²) >= 11 is 0. The molecule has 2 amide bonds. The summed E-state index contributed by atoms with van der Waals surface area (Å²) in [5.74, 6) is -1.02. The van der Waals surface area contributed by atoms with Crippen molar-refractivity contribution in [2.45, 2.75) is 6.92 Å². The molecule has 0 rings (SSSR count). The number of likely N-dealkylation sites (N-methyl/N-ethyl adjacent to an activating group) is 1. The maximum absolute atomic E-state index is 11.2. The first kappa shape index (κ1) is 15.7. The highest BCUT2D eigenvalue weighted by Crippen LogP contribution is 1.78. The highest BCUT2D eigenvalue weighted by molar-refractivity contribution is 5.73. The molecule has 100 valence electrons. The van der Waals surface area contributed by atoms with Gasteiger partial charge in [-0.3, -0.25) is 0 Å². The summed E-state index contributed by atoms with van der Waals surface area (Å²) in [6, 6.07) is -0.270. The number of amides is 2. The van der Waals surface area contributed by atoms with E-state index in [1.165, 1.54) is 0 Å². The van der Waals surface area contributed by atoms with Crippen LogP contribution in [0, 0.1) is 0 Å². The van der Waals surface area contributed by atoms with Gasteiger partial charge < -0.3 is 25.4 Å². The predicted molar refractivity (Wildman–Crippen MR) is 63.0 cm³/mol. The van der Waals surface area contributed by atoms with Crippen molar-refractivity contribution in [3.63, 3.8) is 0 Å². The second-order valence-electron chi connectivity index (χ2n) is 3.52. The van der Waals surface area contributed by atoms with Crippen LogP contribution in [-0.2, 0) is 9.53 Å². The molecular weight excluding hydrogens is 226 g/mol. The Bertz CT molecular complexity index is 236. The Morgan fingerprint density at radius 3 is 2.53 bits per heavy atom. The van der Waals surface area contributed by atoms with E-state index in [0.29, 0.717) is 13.1 Å². The fraction of sp³-hybridized carbons (Fsp3) is 0.800. The number of aliphatic carboxylic acids is 1. The zero-order valence-electron chi connectivity index (χ0n) is 10.4. The summed E-state index contributed by atoms with van der Waals surface area (Å²) in [6.45, 7) is 4.49. The van der Waals surface area contributed by atoms with Crippen molar-refractivity contribution in [1.29, 1.82) is 0 Å². The fourth-order valence-corrected chi connectivity index (χ4v) is 0.977. The first-order valence-electron chi connectivity index (χ1n) is 5.56. The molecule has 7 heteroatoms. The smallest absolute Gasteiger partial charge is 0.329 e. The Morgan fingerprint density at radius 2 is 1.94 bits per heavy atom. The van der Waals surface area contributed by atoms with Crippen LogP contribution in [-0.4, -0.2) is 68.4 Å². The summed E-state index contributed by atoms with van der Waals surface area (Å²) in [7, 11) is 1.97. The molecule has 0 aromatic carbocycles. The molecule has 0 saturated carbocycles. The molecule has 17 heavy (non-hydrogen) atoms. The predicted octanol–water partition coefficient (Wildman–Crippen LogP) is -0.661. The van der Waals surface area contributed by atoms with Gasteiger partial charge in [-0.25, -0.2) is 9.59 Å². The van der Waals surface area contributed by atoms with Crippen molar-refractivity contribution < 1.29 is 19.4 Å². The normalized spacial score (nSPS) is 10.3. The SMILES string of the molecule is CCN(C)CCNC(=O)NCCOCC(=O)O. The van der Waals surface area contributed by atoms with Crippen molar-refractivity contribution in [3.05, 3.63) is 0 Å². The molecule has 0 radical (unpaired) electrons. The highest BCUT2D eigenvalue weighted by Gasteiger charge is 2.00. The number of carboxylic acids is 1. The summed E-state index contributed by atoms with van der Waals surface area (Å²) < 4.78 is 4.76. The van der Waals surface area contributed by atoms with Gasteiger partial charge >= 0.3 is 12.0 Å². The lowest BCUT2D eigenvalue weighted by Crippen LogP contribution is -2.40. The van der Waals surface area contributed by atoms with Crippen LogP contribution in [0.2, 0.25) is 0 Å². The number of carbonyl (C=O) groups excluding carboxylic acids is 1. The Hall–Kier alpha value is -1.34. The molecule has 0 aromatic heterocycles. The molecule has 0 heterocycles. The first-order valence-corrected chi connectivity index (χ1v) is 5.56. The van der Waals surface area contributed by atoms with Gasteiger partial charge in [-0.05, 0) is 13.6 Å². The van der Waals surface area contributed by atoms with Crippen molar-refractivity contribution in [2.24, 2.45) is 0 Å². The number of carbonyl (C=O) groups is 2. The molecule has 0 aromatic rings. The van der Waals surface area contributed by atoms with E-state index in [1.807, 2.05) is 14.0 Å². The van der Waals surface area contributed by atoms with Gasteiger partial charge in [-0.2, -0.15) is 0 Å². The van der Waals surface area contributed by atoms with Crippen LogP contribution in [0.1, 0.15) is 6.92 Å². The molecule has 0 aliphatic rings. The quantitative estimate of drug-likeness (QED) is 0.470. The highest BCUT2D eigenvalue weighted by atomic mass is 16.5. The summed E-state index contributed by atoms with van der Waals surface area (Å²) in [4.78, 5) is 23.4. The minimum atomic E-state index is -1.02. The fourth-order valence-electron chi connectivity index (χ4n) is 0.977. The molecule has 0 unspecified atom stereocenters. The van der Waals surface area contributed by atoms with Gasteiger partial charge in [0, 0.05) is 19.6 Å². The molecule has 0 aliphatic carbocycles. The van der Waals surface area contributed by atoms with Gasteiger partial charge in [-0.15, -0.1) is 0 Å². The summed E-state index contributed by atoms with van der Waals surface area (Å²) in [6.07, 6.45) is 0. The molecule has 3 N–H and O–H groups in total. The average molecular weight is 247 g/mol. The first-order chi connectivity index (χ1) is 8.06. The van der Waals surface area contributed by atoms with Gasteiger partial charge in [0.25, 0.3) is 0 Å². The molecule has 0 bridgehead atoms. The third kappa shape index (κ3) is 10.9. The Balaban J connectivity index is 3.32. The Kier molecular flexibility index (Phi) is 9.08. The van der Waals surface area contributed by atoms with E-state index in [9.17, 15) is 9.59 Å². The van der Waals surface area contributed by atoms with E-state index in [-0.39, 0.29) is 19.2 Å². The lowest BCUT2D eigenvalue weighted by molar-refractivity contribution is -0.142. The lowest BCUT2D eigenvalue weighted by atomic mass is 10.5. The number of nitrogens with zero attached hydrogens (tertiary/aromatic N) is 1. The van der Waals surface area contributed by atoms with Gasteiger partial charge in [0.2, 0.25) is 0 Å². The van der Waals surface area contributed by atoms with Crippen molar-refractivity contribution in [2.75, 3.05) is 46.4 Å². The molecular formula is C10H21N3O4. The molecule has 0 atom stereocenters. The zero-order valence-corrected chi connectivity index (χ0v) is 10.4. The molecule has 0 aliphatic heterocycles. The van der Waals surface area contributed by atoms with Gasteiger partial charge in [0.05, 0.1) is 6.61 Å². The van der Waals surface area contributed by atoms with Gasteiger partial charge in [-0.1, -0.05) is 6.92 Å². The van der Waals surface area contributed by atoms with E-state index < -0.39 is 5.97 Å². The number of hydrogen-bond acceptors (Lipinski definition) is 4. The van der Waals surface area contributed by atoms with Gasteiger partial charge in [0.15, 0.2) is 0 Å². The molecule has 7 nitrogen and oxygen atoms in total. The number of urea groups is 1. The summed E-state index contributed by atoms with van der Waals surface area (Å²) in [5, 5.41) is 13.5. The lowest BCUT2D eigenvalue weighted by Gasteiger charge is -2.14. The number of ether oxygens (including phenoxy) is 1. The van der Waals surface area contributed by atoms with Crippen LogP contribution in [0.5, 0.6) is 0 Å². The number of nitrogens with one attached hydrogen (secondary N) is 2. The minimum Gasteiger partial charge on any atom is -0.480 e. The number of hydrogen-bond donors (Lipinski definition) is 3. The topological polar surface area (TPSA) is 90.9 Å². The summed E-state index contributed by atoms with van der Waals surface area (Å²) in [5.41, 5.74) is 0. The van der Waals surface area contributed by atoms with Crippen LogP contribution in [0.3, 0.4) is 0 Å². The van der Waals surface area contributed by atoms with Crippen LogP contribution < -0.4 is 10.6 Å². The van der Waals surface area contributed by atoms with E-state index in [4.69, 9.17) is 9.84 Å². The van der Waals surface area contributed by atoms with E-state index in [2.05, 4.69) is 15.5 Å². The second kappa shape index (κ2) is 9.86. The van der Waals surface area contributed by atoms with Crippen LogP contribution in [0.15, 0.2) is 0 Å². The molecule has 0 saturated heterocycles. The monoisotopic (exact) mass is 247 g/mol. The second-order valence-corrected chi connectivity index (χ2v) is 3.52. The zero-order chi connectivity index (χ0) is 13.1. The van der Waals surface area contributed by atoms with Crippen molar-refractivity contribution in [1.82, 2.24) is 15.5 Å². The molecule has 0 fully saturated rings. The standard InChI is InChI=1S/C10H21N3O4/c1-3-13(2)6-4-11-10(16)12-5-7-17-8-9(14)15/h3-8H2,1-2H3,(H,14,15)(H2,11,12,16). The van der Waals surface area contributed by atoms with Crippen LogP contribution in [0.25, 0.3) is 0 Å². The van der Waals surface area contributed by atoms with Gasteiger partial charge in [0.1, 0.15) is 6.61 Å². The van der Waals surface area contributed by atoms with Crippen LogP contribution >= 0.6 is 0 Å². The van der Waals surface area contributed by atoms with Crippen molar-refractivity contribution >= 4 is 12.0 Å². The van der Waals surface area contributed by atoms with E-state index >= 15 is 0 Å². The number of rotatable bonds is 9. The number of carboxylic acid groups (broad SMARTS) is 1. The van der Waals surface area contributed by atoms with E-state index in [1.54, 1.807) is 0 Å². The minimum absolute atomic E-state index is 0.189. The largest absolute Gasteiger partial charge is 0.480 e. The average Bonchev–Trinajstić information content (AvgIpc) is 2.27. The Labute approximate surface area is 101 Å². The third-order valence-corrected chi connectivity index (χ3v) is 2.08. The molecule has 0 spiro atoms. The maximum atomic E-state index is 11.2. The maximum Gasteiger partial charge on any atom is 0.329 e. The van der Waals surface area contributed by atoms with E-state index in [0.717, 1.165) is 13.1 Å².